The molecular formula is C15H15NO5S2. The summed E-state index contributed by atoms with van der Waals surface area (Å²) in [6.07, 6.45) is 1.66. The molecule has 0 spiro atoms. The summed E-state index contributed by atoms with van der Waals surface area (Å²) in [7, 11) is 4.33. The van der Waals surface area contributed by atoms with E-state index in [0.29, 0.717) is 26.3 Å². The average Bonchev–Trinajstić information content (AvgIpc) is 2.81. The molecule has 1 saturated heterocycles. The van der Waals surface area contributed by atoms with Gasteiger partial charge in [0.15, 0.2) is 11.5 Å². The summed E-state index contributed by atoms with van der Waals surface area (Å²) in [4.78, 5) is 25.4. The number of carbonyl (C=O) groups excluding carboxylic acids is 2. The van der Waals surface area contributed by atoms with Crippen LogP contribution in [0.5, 0.6) is 11.5 Å². The first kappa shape index (κ1) is 17.3. The van der Waals surface area contributed by atoms with Gasteiger partial charge in [0.1, 0.15) is 10.9 Å². The Morgan fingerprint density at radius 3 is 2.65 bits per heavy atom. The first-order chi connectivity index (χ1) is 11.0. The Morgan fingerprint density at radius 2 is 2.04 bits per heavy atom. The highest BCUT2D eigenvalue weighted by molar-refractivity contribution is 8.26. The molecule has 122 valence electrons. The molecule has 6 nitrogen and oxygen atoms in total. The second kappa shape index (κ2) is 7.47. The van der Waals surface area contributed by atoms with Gasteiger partial charge in [0.05, 0.1) is 26.2 Å². The molecule has 1 aromatic rings. The molecule has 0 bridgehead atoms. The standard InChI is InChI=1S/C15H15NO5S2/c1-19-10-6-4-5-9(13(10)21-3)7-11-14(18)16(15(22)23-11)8-12(17)20-2/h4-7H,8H2,1-3H3/b11-7-. The van der Waals surface area contributed by atoms with Crippen molar-refractivity contribution < 1.29 is 23.8 Å². The van der Waals surface area contributed by atoms with Crippen molar-refractivity contribution in [1.82, 2.24) is 4.90 Å². The largest absolute Gasteiger partial charge is 0.493 e. The second-order valence-corrected chi connectivity index (χ2v) is 6.10. The Morgan fingerprint density at radius 1 is 1.30 bits per heavy atom. The number of methoxy groups -OCH3 is 3. The number of esters is 1. The van der Waals surface area contributed by atoms with Crippen LogP contribution in [0.15, 0.2) is 23.1 Å². The molecular weight excluding hydrogens is 338 g/mol. The van der Waals surface area contributed by atoms with Crippen molar-refractivity contribution in [3.05, 3.63) is 28.7 Å². The molecule has 0 aliphatic carbocycles. The van der Waals surface area contributed by atoms with E-state index in [-0.39, 0.29) is 12.5 Å². The van der Waals surface area contributed by atoms with Gasteiger partial charge in [-0.1, -0.05) is 36.1 Å². The lowest BCUT2D eigenvalue weighted by Crippen LogP contribution is -2.33. The molecule has 8 heteroatoms. The van der Waals surface area contributed by atoms with Crippen LogP contribution in [0, 0.1) is 0 Å². The normalized spacial score (nSPS) is 16.0. The summed E-state index contributed by atoms with van der Waals surface area (Å²) in [5.74, 6) is 0.219. The number of ether oxygens (including phenoxy) is 3. The van der Waals surface area contributed by atoms with Gasteiger partial charge in [0.25, 0.3) is 5.91 Å². The number of carbonyl (C=O) groups is 2. The van der Waals surface area contributed by atoms with E-state index in [1.807, 2.05) is 0 Å². The number of hydrogen-bond donors (Lipinski definition) is 0. The monoisotopic (exact) mass is 353 g/mol. The quantitative estimate of drug-likeness (QED) is 0.456. The topological polar surface area (TPSA) is 65.1 Å². The lowest BCUT2D eigenvalue weighted by molar-refractivity contribution is -0.143. The minimum absolute atomic E-state index is 0.201. The summed E-state index contributed by atoms with van der Waals surface area (Å²) in [6.45, 7) is -0.201. The molecule has 2 rings (SSSR count). The first-order valence-corrected chi connectivity index (χ1v) is 7.77. The molecule has 0 N–H and O–H groups in total. The molecule has 0 aromatic heterocycles. The third-order valence-electron chi connectivity index (χ3n) is 3.11. The highest BCUT2D eigenvalue weighted by Crippen LogP contribution is 2.37. The van der Waals surface area contributed by atoms with Crippen molar-refractivity contribution in [2.24, 2.45) is 0 Å². The molecule has 1 amide bonds. The molecule has 0 saturated carbocycles. The van der Waals surface area contributed by atoms with Crippen LogP contribution in [0.4, 0.5) is 0 Å². The summed E-state index contributed by atoms with van der Waals surface area (Å²) in [5, 5.41) is 0. The van der Waals surface area contributed by atoms with E-state index in [9.17, 15) is 9.59 Å². The molecule has 1 fully saturated rings. The minimum atomic E-state index is -0.526. The third-order valence-corrected chi connectivity index (χ3v) is 4.49. The fourth-order valence-corrected chi connectivity index (χ4v) is 3.24. The Labute approximate surface area is 143 Å². The van der Waals surface area contributed by atoms with Crippen LogP contribution in [0.1, 0.15) is 5.56 Å². The lowest BCUT2D eigenvalue weighted by Gasteiger charge is -2.12. The predicted molar refractivity (Wildman–Crippen MR) is 91.4 cm³/mol. The van der Waals surface area contributed by atoms with E-state index in [1.165, 1.54) is 26.2 Å². The first-order valence-electron chi connectivity index (χ1n) is 6.55. The van der Waals surface area contributed by atoms with Crippen LogP contribution >= 0.6 is 24.0 Å². The van der Waals surface area contributed by atoms with Crippen LogP contribution in [0.25, 0.3) is 6.08 Å². The predicted octanol–water partition coefficient (Wildman–Crippen LogP) is 2.08. The van der Waals surface area contributed by atoms with Gasteiger partial charge in [0.2, 0.25) is 0 Å². The van der Waals surface area contributed by atoms with Gasteiger partial charge >= 0.3 is 5.97 Å². The Kier molecular flexibility index (Phi) is 5.62. The van der Waals surface area contributed by atoms with Crippen molar-refractivity contribution in [3.8, 4) is 11.5 Å². The van der Waals surface area contributed by atoms with Gasteiger partial charge in [-0.05, 0) is 12.1 Å². The van der Waals surface area contributed by atoms with Gasteiger partial charge in [-0.2, -0.15) is 0 Å². The highest BCUT2D eigenvalue weighted by Gasteiger charge is 2.33. The maximum absolute atomic E-state index is 12.4. The maximum Gasteiger partial charge on any atom is 0.325 e. The summed E-state index contributed by atoms with van der Waals surface area (Å²) >= 11 is 6.28. The Hall–Kier alpha value is -2.06. The number of amides is 1. The summed E-state index contributed by atoms with van der Waals surface area (Å²) < 4.78 is 15.5. The molecule has 1 aliphatic heterocycles. The zero-order valence-electron chi connectivity index (χ0n) is 12.8. The summed E-state index contributed by atoms with van der Waals surface area (Å²) in [5.41, 5.74) is 0.686. The van der Waals surface area contributed by atoms with Gasteiger partial charge in [-0.25, -0.2) is 0 Å². The van der Waals surface area contributed by atoms with Crippen LogP contribution in [-0.2, 0) is 14.3 Å². The number of para-hydroxylation sites is 1. The van der Waals surface area contributed by atoms with Crippen LogP contribution in [-0.4, -0.2) is 49.0 Å². The van der Waals surface area contributed by atoms with E-state index in [0.717, 1.165) is 11.8 Å². The fraction of sp³-hybridized carbons (Fsp3) is 0.267. The number of benzene rings is 1. The number of nitrogens with zero attached hydrogens (tertiary/aromatic N) is 1. The third kappa shape index (κ3) is 3.65. The maximum atomic E-state index is 12.4. The molecule has 0 radical (unpaired) electrons. The average molecular weight is 353 g/mol. The number of thioether (sulfide) groups is 1. The van der Waals surface area contributed by atoms with E-state index in [2.05, 4.69) is 4.74 Å². The van der Waals surface area contributed by atoms with Crippen molar-refractivity contribution in [3.63, 3.8) is 0 Å². The summed E-state index contributed by atoms with van der Waals surface area (Å²) in [6, 6.07) is 5.36. The van der Waals surface area contributed by atoms with Gasteiger partial charge in [0, 0.05) is 5.56 Å². The lowest BCUT2D eigenvalue weighted by atomic mass is 10.1. The van der Waals surface area contributed by atoms with Crippen molar-refractivity contribution in [1.29, 1.82) is 0 Å². The zero-order chi connectivity index (χ0) is 17.0. The Bertz CT molecular complexity index is 686. The Balaban J connectivity index is 2.33. The molecule has 0 unspecified atom stereocenters. The highest BCUT2D eigenvalue weighted by atomic mass is 32.2. The van der Waals surface area contributed by atoms with E-state index in [1.54, 1.807) is 24.3 Å². The van der Waals surface area contributed by atoms with Crippen LogP contribution < -0.4 is 9.47 Å². The zero-order valence-corrected chi connectivity index (χ0v) is 14.5. The molecule has 23 heavy (non-hydrogen) atoms. The van der Waals surface area contributed by atoms with Crippen molar-refractivity contribution in [2.45, 2.75) is 0 Å². The number of rotatable bonds is 5. The van der Waals surface area contributed by atoms with Crippen molar-refractivity contribution >= 4 is 46.3 Å². The van der Waals surface area contributed by atoms with E-state index >= 15 is 0 Å². The van der Waals surface area contributed by atoms with Gasteiger partial charge in [-0.15, -0.1) is 0 Å². The molecule has 1 aliphatic rings. The fourth-order valence-electron chi connectivity index (χ4n) is 2.00. The molecule has 1 aromatic carbocycles. The smallest absolute Gasteiger partial charge is 0.325 e. The number of hydrogen-bond acceptors (Lipinski definition) is 7. The molecule has 1 heterocycles. The number of thiocarbonyl (C=S) groups is 1. The van der Waals surface area contributed by atoms with E-state index < -0.39 is 5.97 Å². The van der Waals surface area contributed by atoms with Crippen molar-refractivity contribution in [2.75, 3.05) is 27.9 Å². The molecule has 0 atom stereocenters. The SMILES string of the molecule is COC(=O)CN1C(=O)/C(=C/c2cccc(OC)c2OC)SC1=S. The van der Waals surface area contributed by atoms with Crippen LogP contribution in [0.3, 0.4) is 0 Å². The second-order valence-electron chi connectivity index (χ2n) is 4.43. The van der Waals surface area contributed by atoms with E-state index in [4.69, 9.17) is 21.7 Å². The van der Waals surface area contributed by atoms with Gasteiger partial charge < -0.3 is 14.2 Å². The van der Waals surface area contributed by atoms with Crippen LogP contribution in [0.2, 0.25) is 0 Å². The van der Waals surface area contributed by atoms with Gasteiger partial charge in [-0.3, -0.25) is 14.5 Å². The minimum Gasteiger partial charge on any atom is -0.493 e.